The van der Waals surface area contributed by atoms with Gasteiger partial charge in [-0.1, -0.05) is 60.7 Å². The third kappa shape index (κ3) is 3.34. The number of benzene rings is 3. The predicted molar refractivity (Wildman–Crippen MR) is 105 cm³/mol. The van der Waals surface area contributed by atoms with E-state index in [0.717, 1.165) is 6.42 Å². The Bertz CT molecular complexity index is 912. The van der Waals surface area contributed by atoms with Gasteiger partial charge in [0.15, 0.2) is 0 Å². The second-order valence-electron chi connectivity index (χ2n) is 5.97. The van der Waals surface area contributed by atoms with Crippen molar-refractivity contribution in [2.45, 2.75) is 12.5 Å². The minimum absolute atomic E-state index is 0.254. The van der Waals surface area contributed by atoms with E-state index in [1.807, 2.05) is 0 Å². The molecule has 1 atom stereocenters. The number of hydrogen-bond donors (Lipinski definition) is 1. The lowest BCUT2D eigenvalue weighted by Gasteiger charge is -2.21. The minimum atomic E-state index is 0.254. The Kier molecular flexibility index (Phi) is 4.30. The molecule has 0 fully saturated rings. The molecule has 1 nitrogen and oxygen atoms in total. The average Bonchev–Trinajstić information content (AvgIpc) is 3.11. The van der Waals surface area contributed by atoms with E-state index < -0.39 is 0 Å². The van der Waals surface area contributed by atoms with Crippen molar-refractivity contribution in [1.29, 1.82) is 0 Å². The maximum Gasteiger partial charge on any atom is 0.0554 e. The van der Waals surface area contributed by atoms with E-state index in [9.17, 15) is 0 Å². The Morgan fingerprint density at radius 2 is 1.54 bits per heavy atom. The maximum atomic E-state index is 3.73. The van der Waals surface area contributed by atoms with E-state index in [1.165, 1.54) is 26.9 Å². The summed E-state index contributed by atoms with van der Waals surface area (Å²) < 4.78 is 1.33. The fourth-order valence-corrected chi connectivity index (χ4v) is 3.82. The molecule has 0 spiro atoms. The molecule has 0 saturated heterocycles. The molecule has 118 valence electrons. The van der Waals surface area contributed by atoms with Crippen molar-refractivity contribution in [1.82, 2.24) is 0 Å². The van der Waals surface area contributed by atoms with Gasteiger partial charge >= 0.3 is 0 Å². The van der Waals surface area contributed by atoms with Crippen LogP contribution >= 0.6 is 11.3 Å². The first-order chi connectivity index (χ1) is 11.9. The number of nitrogens with one attached hydrogen (secondary N) is 1. The van der Waals surface area contributed by atoms with Gasteiger partial charge in [0.05, 0.1) is 6.04 Å². The van der Waals surface area contributed by atoms with Crippen LogP contribution in [0.1, 0.15) is 17.2 Å². The summed E-state index contributed by atoms with van der Waals surface area (Å²) >= 11 is 1.79. The molecule has 0 aliphatic heterocycles. The molecule has 3 aromatic carbocycles. The van der Waals surface area contributed by atoms with E-state index in [-0.39, 0.29) is 6.04 Å². The number of thiophene rings is 1. The molecule has 24 heavy (non-hydrogen) atoms. The van der Waals surface area contributed by atoms with Gasteiger partial charge in [0.25, 0.3) is 0 Å². The third-order valence-corrected chi connectivity index (χ3v) is 5.18. The number of hydrogen-bond acceptors (Lipinski definition) is 2. The predicted octanol–water partition coefficient (Wildman–Crippen LogP) is 6.30. The molecule has 0 bridgehead atoms. The van der Waals surface area contributed by atoms with Crippen molar-refractivity contribution in [3.63, 3.8) is 0 Å². The summed E-state index contributed by atoms with van der Waals surface area (Å²) in [7, 11) is 0. The van der Waals surface area contributed by atoms with Gasteiger partial charge in [-0.3, -0.25) is 0 Å². The quantitative estimate of drug-likeness (QED) is 0.453. The van der Waals surface area contributed by atoms with Crippen molar-refractivity contribution < 1.29 is 0 Å². The first-order valence-electron chi connectivity index (χ1n) is 8.21. The zero-order valence-electron chi connectivity index (χ0n) is 13.4. The van der Waals surface area contributed by atoms with Crippen LogP contribution in [-0.4, -0.2) is 0 Å². The highest BCUT2D eigenvalue weighted by atomic mass is 32.1. The molecule has 0 amide bonds. The van der Waals surface area contributed by atoms with E-state index in [2.05, 4.69) is 95.6 Å². The van der Waals surface area contributed by atoms with Gasteiger partial charge < -0.3 is 5.32 Å². The molecular weight excluding hydrogens is 310 g/mol. The second-order valence-corrected chi connectivity index (χ2v) is 6.92. The average molecular weight is 329 g/mol. The van der Waals surface area contributed by atoms with Gasteiger partial charge in [0, 0.05) is 10.4 Å². The molecule has 0 aliphatic rings. The van der Waals surface area contributed by atoms with E-state index in [1.54, 1.807) is 11.3 Å². The van der Waals surface area contributed by atoms with Crippen LogP contribution in [0.2, 0.25) is 0 Å². The molecule has 0 radical (unpaired) electrons. The van der Waals surface area contributed by atoms with Crippen LogP contribution < -0.4 is 5.32 Å². The van der Waals surface area contributed by atoms with Gasteiger partial charge in [-0.05, 0) is 52.6 Å². The first-order valence-corrected chi connectivity index (χ1v) is 9.09. The molecular formula is C22H19NS. The Labute approximate surface area is 146 Å². The Morgan fingerprint density at radius 3 is 2.33 bits per heavy atom. The summed E-state index contributed by atoms with van der Waals surface area (Å²) in [6.45, 7) is 0. The summed E-state index contributed by atoms with van der Waals surface area (Å²) in [5, 5.41) is 7.18. The van der Waals surface area contributed by atoms with E-state index in [0.29, 0.717) is 0 Å². The summed E-state index contributed by atoms with van der Waals surface area (Å²) in [6, 6.07) is 30.4. The zero-order chi connectivity index (χ0) is 16.2. The van der Waals surface area contributed by atoms with Crippen molar-refractivity contribution in [3.8, 4) is 0 Å². The summed E-state index contributed by atoms with van der Waals surface area (Å²) in [4.78, 5) is 0. The summed E-state index contributed by atoms with van der Waals surface area (Å²) in [5.74, 6) is 0. The summed E-state index contributed by atoms with van der Waals surface area (Å²) in [5.41, 5.74) is 3.83. The van der Waals surface area contributed by atoms with Crippen LogP contribution in [0.3, 0.4) is 0 Å². The van der Waals surface area contributed by atoms with Gasteiger partial charge in [0.1, 0.15) is 0 Å². The van der Waals surface area contributed by atoms with Gasteiger partial charge in [0.2, 0.25) is 0 Å². The van der Waals surface area contributed by atoms with Gasteiger partial charge in [-0.2, -0.15) is 0 Å². The Hall–Kier alpha value is -2.58. The topological polar surface area (TPSA) is 12.0 Å². The smallest absolute Gasteiger partial charge is 0.0554 e. The molecule has 0 aliphatic carbocycles. The highest BCUT2D eigenvalue weighted by Crippen LogP contribution is 2.28. The highest BCUT2D eigenvalue weighted by molar-refractivity contribution is 7.17. The second kappa shape index (κ2) is 6.90. The normalized spacial score (nSPS) is 12.2. The fourth-order valence-electron chi connectivity index (χ4n) is 3.04. The van der Waals surface area contributed by atoms with Crippen LogP contribution in [0.5, 0.6) is 0 Å². The molecule has 2 heteroatoms. The van der Waals surface area contributed by atoms with Gasteiger partial charge in [-0.25, -0.2) is 0 Å². The van der Waals surface area contributed by atoms with Crippen molar-refractivity contribution >= 4 is 27.1 Å². The minimum Gasteiger partial charge on any atom is -0.378 e. The monoisotopic (exact) mass is 329 g/mol. The van der Waals surface area contributed by atoms with Crippen LogP contribution in [0, 0.1) is 0 Å². The van der Waals surface area contributed by atoms with E-state index in [4.69, 9.17) is 0 Å². The summed E-state index contributed by atoms with van der Waals surface area (Å²) in [6.07, 6.45) is 0.965. The van der Waals surface area contributed by atoms with Crippen LogP contribution in [0.4, 0.5) is 5.69 Å². The van der Waals surface area contributed by atoms with Crippen molar-refractivity contribution in [2.75, 3.05) is 5.32 Å². The van der Waals surface area contributed by atoms with Gasteiger partial charge in [-0.15, -0.1) is 11.3 Å². The molecule has 1 heterocycles. The third-order valence-electron chi connectivity index (χ3n) is 4.28. The lowest BCUT2D eigenvalue weighted by molar-refractivity contribution is 0.776. The molecule has 1 unspecified atom stereocenters. The fraction of sp³-hybridized carbons (Fsp3) is 0.0909. The van der Waals surface area contributed by atoms with Crippen LogP contribution in [0.25, 0.3) is 10.1 Å². The van der Waals surface area contributed by atoms with Crippen molar-refractivity contribution in [2.24, 2.45) is 0 Å². The van der Waals surface area contributed by atoms with Crippen LogP contribution in [-0.2, 0) is 6.42 Å². The molecule has 0 saturated carbocycles. The standard InChI is InChI=1S/C22H19NS/c1-3-7-17(8-4-1)15-21(18-9-5-2-6-10-18)23-20-11-12-22-19(16-20)13-14-24-22/h1-14,16,21,23H,15H2. The highest BCUT2D eigenvalue weighted by Gasteiger charge is 2.12. The molecule has 1 N–H and O–H groups in total. The lowest BCUT2D eigenvalue weighted by Crippen LogP contribution is -2.13. The number of fused-ring (bicyclic) bond motifs is 1. The molecule has 1 aromatic heterocycles. The Morgan fingerprint density at radius 1 is 0.792 bits per heavy atom. The molecule has 4 aromatic rings. The zero-order valence-corrected chi connectivity index (χ0v) is 14.2. The first kappa shape index (κ1) is 15.0. The number of anilines is 1. The largest absolute Gasteiger partial charge is 0.378 e. The van der Waals surface area contributed by atoms with Crippen molar-refractivity contribution in [3.05, 3.63) is 101 Å². The molecule has 4 rings (SSSR count). The van der Waals surface area contributed by atoms with Crippen LogP contribution in [0.15, 0.2) is 90.3 Å². The van der Waals surface area contributed by atoms with E-state index >= 15 is 0 Å². The lowest BCUT2D eigenvalue weighted by atomic mass is 9.98. The maximum absolute atomic E-state index is 3.73. The Balaban J connectivity index is 1.64. The number of rotatable bonds is 5. The SMILES string of the molecule is c1ccc(CC(Nc2ccc3sccc3c2)c2ccccc2)cc1.